The molecule has 1 N–H and O–H groups in total. The Morgan fingerprint density at radius 1 is 1.52 bits per heavy atom. The molecule has 128 valence electrons. The van der Waals surface area contributed by atoms with Gasteiger partial charge in [-0.2, -0.15) is 0 Å². The van der Waals surface area contributed by atoms with Crippen molar-refractivity contribution in [3.8, 4) is 11.5 Å². The number of fused-ring (bicyclic) bond motifs is 3. The Labute approximate surface area is 160 Å². The summed E-state index contributed by atoms with van der Waals surface area (Å²) in [6.45, 7) is -3.09. The van der Waals surface area contributed by atoms with Crippen LogP contribution in [0.5, 0.6) is 11.5 Å². The van der Waals surface area contributed by atoms with Crippen molar-refractivity contribution in [1.82, 2.24) is 4.90 Å². The molecule has 3 rings (SSSR count). The highest BCUT2D eigenvalue weighted by molar-refractivity contribution is 5.49. The standard InChI is InChI=1S/C19H29NO3/c1-12(2)7-14-11-20-6-5-13-8-18(22-3)19(23-4)9-15(13)16(20)10-17(14)21/h8-9,12,14,16-17,21H,5-7,10-11H2,1-4H3/t14-,16-,17+/m0/s1/i1D3,3D3,4D3,7D2,10D2,12D,14D/t12?,14-,16-,17+. The lowest BCUT2D eigenvalue weighted by molar-refractivity contribution is -0.0191. The second-order valence-corrected chi connectivity index (χ2v) is 5.67. The van der Waals surface area contributed by atoms with E-state index >= 15 is 0 Å². The number of piperidine rings is 1. The molecular weight excluding hydrogens is 290 g/mol. The molecule has 1 aromatic rings. The average molecular weight is 335 g/mol. The maximum atomic E-state index is 11.1. The lowest BCUT2D eigenvalue weighted by atomic mass is 9.79. The molecule has 0 amide bonds. The van der Waals surface area contributed by atoms with Crippen molar-refractivity contribution in [2.45, 2.75) is 45.1 Å². The second kappa shape index (κ2) is 6.70. The van der Waals surface area contributed by atoms with Gasteiger partial charge in [0.1, 0.15) is 0 Å². The smallest absolute Gasteiger partial charge is 0.161 e. The van der Waals surface area contributed by atoms with Gasteiger partial charge in [-0.25, -0.2) is 0 Å². The fourth-order valence-corrected chi connectivity index (χ4v) is 3.11. The van der Waals surface area contributed by atoms with Gasteiger partial charge in [-0.05, 0) is 54.2 Å². The van der Waals surface area contributed by atoms with E-state index in [2.05, 4.69) is 0 Å². The van der Waals surface area contributed by atoms with E-state index in [-0.39, 0.29) is 18.5 Å². The molecule has 1 unspecified atom stereocenters. The van der Waals surface area contributed by atoms with Crippen molar-refractivity contribution in [2.75, 3.05) is 27.2 Å². The van der Waals surface area contributed by atoms with Crippen LogP contribution in [0, 0.1) is 11.8 Å². The van der Waals surface area contributed by atoms with Gasteiger partial charge in [0.2, 0.25) is 0 Å². The SMILES string of the molecule is [2H]C([2H])([2H])Oc1cc2c(cc1OC([2H])([2H])[2H])[C@H]1N(CC2)C[C@]([2H])(C([2H])([2H])C([2H])(C)C([2H])([2H])[2H])[C@H](O)C1([2H])[2H]. The molecule has 1 saturated heterocycles. The largest absolute Gasteiger partial charge is 0.493 e. The van der Waals surface area contributed by atoms with E-state index in [9.17, 15) is 5.11 Å². The molecule has 0 saturated carbocycles. The maximum absolute atomic E-state index is 11.1. The normalized spacial score (nSPS) is 47.3. The van der Waals surface area contributed by atoms with Crippen molar-refractivity contribution in [3.63, 3.8) is 0 Å². The van der Waals surface area contributed by atoms with Crippen LogP contribution >= 0.6 is 0 Å². The van der Waals surface area contributed by atoms with Gasteiger partial charge < -0.3 is 14.6 Å². The molecule has 2 aliphatic rings. The van der Waals surface area contributed by atoms with Crippen LogP contribution in [0.1, 0.15) is 64.3 Å². The van der Waals surface area contributed by atoms with Crippen molar-refractivity contribution < 1.29 is 35.1 Å². The molecule has 1 aromatic carbocycles. The average Bonchev–Trinajstić information content (AvgIpc) is 2.69. The first-order chi connectivity index (χ1) is 16.8. The van der Waals surface area contributed by atoms with E-state index in [4.69, 9.17) is 30.0 Å². The second-order valence-electron chi connectivity index (χ2n) is 5.67. The van der Waals surface area contributed by atoms with Gasteiger partial charge >= 0.3 is 0 Å². The molecule has 23 heavy (non-hydrogen) atoms. The molecule has 2 heterocycles. The van der Waals surface area contributed by atoms with Crippen LogP contribution in [0.15, 0.2) is 12.1 Å². The number of nitrogens with zero attached hydrogens (tertiary/aromatic N) is 1. The number of methoxy groups -OCH3 is 2. The Morgan fingerprint density at radius 2 is 2.30 bits per heavy atom. The summed E-state index contributed by atoms with van der Waals surface area (Å²) in [5.41, 5.74) is 0.456. The highest BCUT2D eigenvalue weighted by atomic mass is 16.5. The molecule has 0 bridgehead atoms. The molecule has 0 spiro atoms. The summed E-state index contributed by atoms with van der Waals surface area (Å²) in [5.74, 6) is -6.62. The van der Waals surface area contributed by atoms with Gasteiger partial charge in [0.05, 0.1) is 28.4 Å². The zero-order valence-electron chi connectivity index (χ0n) is 27.6. The van der Waals surface area contributed by atoms with E-state index in [0.29, 0.717) is 5.56 Å². The molecule has 0 aliphatic carbocycles. The fourth-order valence-electron chi connectivity index (χ4n) is 3.11. The molecular formula is C19H29NO3. The number of aliphatic hydroxyl groups is 1. The summed E-state index contributed by atoms with van der Waals surface area (Å²) < 4.78 is 129. The number of hydrogen-bond acceptors (Lipinski definition) is 4. The Hall–Kier alpha value is -1.26. The predicted octanol–water partition coefficient (Wildman–Crippen LogP) is 3.03. The van der Waals surface area contributed by atoms with Gasteiger partial charge in [-0.3, -0.25) is 4.90 Å². The third-order valence-electron chi connectivity index (χ3n) is 4.12. The zero-order valence-corrected chi connectivity index (χ0v) is 12.6. The summed E-state index contributed by atoms with van der Waals surface area (Å²) in [4.78, 5) is 1.33. The van der Waals surface area contributed by atoms with Crippen LogP contribution < -0.4 is 9.47 Å². The van der Waals surface area contributed by atoms with Crippen LogP contribution in [-0.4, -0.2) is 43.3 Å². The number of aliphatic hydroxyl groups excluding tert-OH is 1. The summed E-state index contributed by atoms with van der Waals surface area (Å²) in [6.07, 6.45) is -8.35. The Bertz CT molecular complexity index is 1070. The van der Waals surface area contributed by atoms with E-state index < -0.39 is 75.7 Å². The van der Waals surface area contributed by atoms with Crippen LogP contribution in [0.2, 0.25) is 0 Å². The van der Waals surface area contributed by atoms with Gasteiger partial charge in [0, 0.05) is 31.5 Å². The van der Waals surface area contributed by atoms with Crippen molar-refractivity contribution in [2.24, 2.45) is 11.8 Å². The van der Waals surface area contributed by atoms with E-state index in [1.165, 1.54) is 11.0 Å². The summed E-state index contributed by atoms with van der Waals surface area (Å²) >= 11 is 0. The molecule has 4 atom stereocenters. The molecule has 4 nitrogen and oxygen atoms in total. The van der Waals surface area contributed by atoms with Crippen LogP contribution in [0.4, 0.5) is 0 Å². The van der Waals surface area contributed by atoms with Gasteiger partial charge in [0.15, 0.2) is 11.5 Å². The van der Waals surface area contributed by atoms with Crippen molar-refractivity contribution in [3.05, 3.63) is 23.3 Å². The first-order valence-corrected chi connectivity index (χ1v) is 7.23. The minimum Gasteiger partial charge on any atom is -0.493 e. The Kier molecular flexibility index (Phi) is 1.81. The first kappa shape index (κ1) is 6.23. The first-order valence-electron chi connectivity index (χ1n) is 14.7. The highest BCUT2D eigenvalue weighted by Gasteiger charge is 2.38. The molecule has 1 fully saturated rings. The molecule has 4 heteroatoms. The number of rotatable bonds is 4. The third kappa shape index (κ3) is 3.20. The van der Waals surface area contributed by atoms with E-state index in [0.717, 1.165) is 13.0 Å². The summed E-state index contributed by atoms with van der Waals surface area (Å²) in [6, 6.07) is 0.924. The quantitative estimate of drug-likeness (QED) is 0.919. The summed E-state index contributed by atoms with van der Waals surface area (Å²) in [5, 5.41) is 11.1. The van der Waals surface area contributed by atoms with Gasteiger partial charge in [-0.1, -0.05) is 13.8 Å². The maximum Gasteiger partial charge on any atom is 0.161 e. The predicted molar refractivity (Wildman–Crippen MR) is 91.1 cm³/mol. The van der Waals surface area contributed by atoms with Crippen LogP contribution in [0.3, 0.4) is 0 Å². The lowest BCUT2D eigenvalue weighted by Crippen LogP contribution is -2.48. The number of ether oxygens (including phenoxy) is 2. The van der Waals surface area contributed by atoms with Gasteiger partial charge in [-0.15, -0.1) is 0 Å². The Morgan fingerprint density at radius 3 is 3.04 bits per heavy atom. The fraction of sp³-hybridized carbons (Fsp3) is 0.684. The van der Waals surface area contributed by atoms with Crippen LogP contribution in [0.25, 0.3) is 0 Å². The third-order valence-corrected chi connectivity index (χ3v) is 4.12. The zero-order chi connectivity index (χ0) is 29.5. The molecule has 0 aromatic heterocycles. The van der Waals surface area contributed by atoms with Crippen LogP contribution in [-0.2, 0) is 6.42 Å². The highest BCUT2D eigenvalue weighted by Crippen LogP contribution is 2.43. The summed E-state index contributed by atoms with van der Waals surface area (Å²) in [7, 11) is -5.99. The van der Waals surface area contributed by atoms with Crippen molar-refractivity contribution >= 4 is 0 Å². The topological polar surface area (TPSA) is 41.9 Å². The van der Waals surface area contributed by atoms with Gasteiger partial charge in [0.25, 0.3) is 0 Å². The molecule has 0 radical (unpaired) electrons. The number of hydrogen-bond donors (Lipinski definition) is 1. The molecule has 2 aliphatic heterocycles. The van der Waals surface area contributed by atoms with E-state index in [1.807, 2.05) is 0 Å². The van der Waals surface area contributed by atoms with Crippen molar-refractivity contribution in [1.29, 1.82) is 0 Å². The minimum atomic E-state index is -3.23. The minimum absolute atomic E-state index is 0.00420. The number of benzene rings is 1. The van der Waals surface area contributed by atoms with E-state index in [1.54, 1.807) is 0 Å². The Balaban J connectivity index is 2.15. The lowest BCUT2D eigenvalue weighted by Gasteiger charge is -2.46. The monoisotopic (exact) mass is 334 g/mol.